The van der Waals surface area contributed by atoms with Crippen LogP contribution in [0.15, 0.2) is 35.2 Å². The van der Waals surface area contributed by atoms with Gasteiger partial charge in [-0.25, -0.2) is 8.42 Å². The number of sulfonamides is 1. The van der Waals surface area contributed by atoms with Crippen molar-refractivity contribution >= 4 is 21.7 Å². The first-order valence-electron chi connectivity index (χ1n) is 7.32. The number of benzene rings is 1. The van der Waals surface area contributed by atoms with Crippen molar-refractivity contribution in [1.82, 2.24) is 14.5 Å². The number of amides is 1. The maximum atomic E-state index is 12.4. The molecule has 8 heteroatoms. The van der Waals surface area contributed by atoms with Crippen LogP contribution in [0, 0.1) is 6.92 Å². The van der Waals surface area contributed by atoms with E-state index in [1.807, 2.05) is 6.92 Å². The predicted octanol–water partition coefficient (Wildman–Crippen LogP) is 2.00. The molecule has 0 aliphatic rings. The van der Waals surface area contributed by atoms with Gasteiger partial charge in [0.25, 0.3) is 5.91 Å². The van der Waals surface area contributed by atoms with Gasteiger partial charge in [-0.1, -0.05) is 13.8 Å². The number of aromatic amines is 1. The molecule has 1 aromatic heterocycles. The lowest BCUT2D eigenvalue weighted by Gasteiger charge is -2.18. The molecule has 0 spiro atoms. The van der Waals surface area contributed by atoms with E-state index < -0.39 is 10.0 Å². The summed E-state index contributed by atoms with van der Waals surface area (Å²) < 4.78 is 26.1. The SMILES string of the molecule is CCN(CC)S(=O)(=O)c1ccc(C(=O)Nc2cc(C)[nH]n2)cc1. The van der Waals surface area contributed by atoms with E-state index in [9.17, 15) is 13.2 Å². The van der Waals surface area contributed by atoms with E-state index in [0.29, 0.717) is 24.5 Å². The summed E-state index contributed by atoms with van der Waals surface area (Å²) in [6.07, 6.45) is 0. The molecule has 2 N–H and O–H groups in total. The molecule has 0 saturated carbocycles. The Morgan fingerprint density at radius 2 is 1.83 bits per heavy atom. The summed E-state index contributed by atoms with van der Waals surface area (Å²) in [7, 11) is -3.51. The van der Waals surface area contributed by atoms with Gasteiger partial charge in [-0.3, -0.25) is 9.89 Å². The van der Waals surface area contributed by atoms with E-state index in [-0.39, 0.29) is 10.8 Å². The molecule has 0 unspecified atom stereocenters. The first-order valence-corrected chi connectivity index (χ1v) is 8.76. The van der Waals surface area contributed by atoms with Gasteiger partial charge in [-0.2, -0.15) is 9.40 Å². The molecule has 1 aromatic carbocycles. The van der Waals surface area contributed by atoms with Crippen LogP contribution in [0.5, 0.6) is 0 Å². The van der Waals surface area contributed by atoms with Crippen molar-refractivity contribution < 1.29 is 13.2 Å². The van der Waals surface area contributed by atoms with E-state index >= 15 is 0 Å². The Hall–Kier alpha value is -2.19. The molecule has 7 nitrogen and oxygen atoms in total. The first-order chi connectivity index (χ1) is 10.9. The smallest absolute Gasteiger partial charge is 0.256 e. The molecular weight excluding hydrogens is 316 g/mol. The van der Waals surface area contributed by atoms with Crippen LogP contribution in [0.3, 0.4) is 0 Å². The number of anilines is 1. The average Bonchev–Trinajstić information content (AvgIpc) is 2.93. The Kier molecular flexibility index (Phi) is 5.17. The highest BCUT2D eigenvalue weighted by atomic mass is 32.2. The fraction of sp³-hybridized carbons (Fsp3) is 0.333. The third-order valence-electron chi connectivity index (χ3n) is 3.41. The number of rotatable bonds is 6. The minimum absolute atomic E-state index is 0.174. The molecule has 2 aromatic rings. The van der Waals surface area contributed by atoms with Crippen molar-refractivity contribution in [3.63, 3.8) is 0 Å². The Bertz CT molecular complexity index is 777. The number of aromatic nitrogens is 2. The average molecular weight is 336 g/mol. The van der Waals surface area contributed by atoms with E-state index in [1.165, 1.54) is 28.6 Å². The van der Waals surface area contributed by atoms with Crippen molar-refractivity contribution in [2.45, 2.75) is 25.7 Å². The lowest BCUT2D eigenvalue weighted by molar-refractivity contribution is 0.102. The molecule has 0 saturated heterocycles. The molecule has 1 amide bonds. The van der Waals surface area contributed by atoms with Gasteiger partial charge in [0.2, 0.25) is 10.0 Å². The molecule has 0 atom stereocenters. The molecule has 124 valence electrons. The van der Waals surface area contributed by atoms with Crippen LogP contribution in [-0.2, 0) is 10.0 Å². The summed E-state index contributed by atoms with van der Waals surface area (Å²) in [4.78, 5) is 12.3. The van der Waals surface area contributed by atoms with Gasteiger partial charge in [-0.15, -0.1) is 0 Å². The molecular formula is C15H20N4O3S. The summed E-state index contributed by atoms with van der Waals surface area (Å²) in [5, 5.41) is 9.30. The Morgan fingerprint density at radius 1 is 1.22 bits per heavy atom. The third-order valence-corrected chi connectivity index (χ3v) is 5.47. The number of H-pyrrole nitrogens is 1. The van der Waals surface area contributed by atoms with Crippen molar-refractivity contribution in [3.8, 4) is 0 Å². The fourth-order valence-electron chi connectivity index (χ4n) is 2.16. The number of hydrogen-bond donors (Lipinski definition) is 2. The second-order valence-electron chi connectivity index (χ2n) is 5.00. The van der Waals surface area contributed by atoms with Crippen LogP contribution in [0.2, 0.25) is 0 Å². The number of carbonyl (C=O) groups is 1. The highest BCUT2D eigenvalue weighted by Gasteiger charge is 2.21. The van der Waals surface area contributed by atoms with Crippen molar-refractivity contribution in [2.24, 2.45) is 0 Å². The highest BCUT2D eigenvalue weighted by molar-refractivity contribution is 7.89. The molecule has 0 bridgehead atoms. The number of aryl methyl sites for hydroxylation is 1. The zero-order valence-corrected chi connectivity index (χ0v) is 14.1. The van der Waals surface area contributed by atoms with Crippen LogP contribution in [-0.4, -0.2) is 41.9 Å². The molecule has 0 fully saturated rings. The lowest BCUT2D eigenvalue weighted by Crippen LogP contribution is -2.30. The van der Waals surface area contributed by atoms with E-state index in [2.05, 4.69) is 15.5 Å². The molecule has 2 rings (SSSR count). The summed E-state index contributed by atoms with van der Waals surface area (Å²) in [5.74, 6) is 0.0793. The summed E-state index contributed by atoms with van der Waals surface area (Å²) in [6.45, 7) is 6.21. The lowest BCUT2D eigenvalue weighted by atomic mass is 10.2. The van der Waals surface area contributed by atoms with Gasteiger partial charge in [0.15, 0.2) is 5.82 Å². The largest absolute Gasteiger partial charge is 0.305 e. The van der Waals surface area contributed by atoms with Crippen LogP contribution in [0.1, 0.15) is 29.9 Å². The standard InChI is InChI=1S/C15H20N4O3S/c1-4-19(5-2)23(21,22)13-8-6-12(7-9-13)15(20)16-14-10-11(3)17-18-14/h6-10H,4-5H2,1-3H3,(H2,16,17,18,20). The second kappa shape index (κ2) is 6.93. The van der Waals surface area contributed by atoms with Crippen molar-refractivity contribution in [3.05, 3.63) is 41.6 Å². The van der Waals surface area contributed by atoms with E-state index in [0.717, 1.165) is 5.69 Å². The zero-order chi connectivity index (χ0) is 17.0. The Labute approximate surface area is 135 Å². The molecule has 0 radical (unpaired) electrons. The van der Waals surface area contributed by atoms with Gasteiger partial charge >= 0.3 is 0 Å². The van der Waals surface area contributed by atoms with Gasteiger partial charge in [0, 0.05) is 30.4 Å². The Balaban J connectivity index is 2.17. The number of carbonyl (C=O) groups excluding carboxylic acids is 1. The Morgan fingerprint density at radius 3 is 2.30 bits per heavy atom. The fourth-order valence-corrected chi connectivity index (χ4v) is 3.62. The van der Waals surface area contributed by atoms with Crippen LogP contribution < -0.4 is 5.32 Å². The number of hydrogen-bond acceptors (Lipinski definition) is 4. The number of nitrogens with zero attached hydrogens (tertiary/aromatic N) is 2. The van der Waals surface area contributed by atoms with Crippen LogP contribution in [0.4, 0.5) is 5.82 Å². The van der Waals surface area contributed by atoms with Gasteiger partial charge in [0.1, 0.15) is 0 Å². The number of nitrogens with one attached hydrogen (secondary N) is 2. The molecule has 0 aliphatic carbocycles. The summed E-state index contributed by atoms with van der Waals surface area (Å²) >= 11 is 0. The monoisotopic (exact) mass is 336 g/mol. The highest BCUT2D eigenvalue weighted by Crippen LogP contribution is 2.17. The molecule has 1 heterocycles. The van der Waals surface area contributed by atoms with Gasteiger partial charge < -0.3 is 5.32 Å². The minimum atomic E-state index is -3.51. The maximum absolute atomic E-state index is 12.4. The van der Waals surface area contributed by atoms with E-state index in [1.54, 1.807) is 19.9 Å². The maximum Gasteiger partial charge on any atom is 0.256 e. The molecule has 23 heavy (non-hydrogen) atoms. The van der Waals surface area contributed by atoms with Crippen molar-refractivity contribution in [1.29, 1.82) is 0 Å². The second-order valence-corrected chi connectivity index (χ2v) is 6.94. The first kappa shape index (κ1) is 17.2. The van der Waals surface area contributed by atoms with Crippen LogP contribution in [0.25, 0.3) is 0 Å². The quantitative estimate of drug-likeness (QED) is 0.843. The summed E-state index contributed by atoms with van der Waals surface area (Å²) in [6, 6.07) is 7.57. The summed E-state index contributed by atoms with van der Waals surface area (Å²) in [5.41, 5.74) is 1.20. The van der Waals surface area contributed by atoms with E-state index in [4.69, 9.17) is 0 Å². The van der Waals surface area contributed by atoms with Crippen LogP contribution >= 0.6 is 0 Å². The molecule has 0 aliphatic heterocycles. The van der Waals surface area contributed by atoms with Gasteiger partial charge in [-0.05, 0) is 31.2 Å². The predicted molar refractivity (Wildman–Crippen MR) is 87.8 cm³/mol. The zero-order valence-electron chi connectivity index (χ0n) is 13.3. The van der Waals surface area contributed by atoms with Crippen molar-refractivity contribution in [2.75, 3.05) is 18.4 Å². The third kappa shape index (κ3) is 3.77. The van der Waals surface area contributed by atoms with Gasteiger partial charge in [0.05, 0.1) is 4.90 Å². The topological polar surface area (TPSA) is 95.2 Å². The minimum Gasteiger partial charge on any atom is -0.305 e. The normalized spacial score (nSPS) is 11.7.